The number of carboxylic acids is 1. The van der Waals surface area contributed by atoms with E-state index in [9.17, 15) is 9.59 Å². The number of amides is 1. The maximum absolute atomic E-state index is 12.2. The Morgan fingerprint density at radius 3 is 2.91 bits per heavy atom. The molecule has 0 bridgehead atoms. The minimum atomic E-state index is -0.835. The smallest absolute Gasteiger partial charge is 0.303 e. The summed E-state index contributed by atoms with van der Waals surface area (Å²) in [4.78, 5) is 22.7. The Labute approximate surface area is 128 Å². The molecule has 116 valence electrons. The molecular formula is C16H19N3O3. The number of hydrogen-bond acceptors (Lipinski definition) is 3. The first-order valence-corrected chi connectivity index (χ1v) is 7.23. The van der Waals surface area contributed by atoms with Gasteiger partial charge in [-0.25, -0.2) is 0 Å². The first-order valence-electron chi connectivity index (χ1n) is 7.23. The van der Waals surface area contributed by atoms with Crippen molar-refractivity contribution in [3.05, 3.63) is 47.8 Å². The fourth-order valence-electron chi connectivity index (χ4n) is 2.09. The summed E-state index contributed by atoms with van der Waals surface area (Å²) in [5.74, 6) is -1.06. The fraction of sp³-hybridized carbons (Fsp3) is 0.312. The van der Waals surface area contributed by atoms with Crippen molar-refractivity contribution >= 4 is 17.6 Å². The molecule has 0 aliphatic rings. The molecule has 1 amide bonds. The van der Waals surface area contributed by atoms with Gasteiger partial charge >= 0.3 is 5.97 Å². The first-order chi connectivity index (χ1) is 10.6. The van der Waals surface area contributed by atoms with Gasteiger partial charge in [0, 0.05) is 24.8 Å². The van der Waals surface area contributed by atoms with Crippen LogP contribution in [0.3, 0.4) is 0 Å². The Kier molecular flexibility index (Phi) is 5.30. The number of carbonyl (C=O) groups excluding carboxylic acids is 1. The Bertz CT molecular complexity index is 664. The highest BCUT2D eigenvalue weighted by molar-refractivity contribution is 6.03. The van der Waals surface area contributed by atoms with Gasteiger partial charge in [0.25, 0.3) is 5.91 Å². The van der Waals surface area contributed by atoms with Crippen LogP contribution in [0.5, 0.6) is 0 Å². The lowest BCUT2D eigenvalue weighted by Crippen LogP contribution is -2.11. The summed E-state index contributed by atoms with van der Waals surface area (Å²) in [5, 5.41) is 15.6. The average Bonchev–Trinajstić information content (AvgIpc) is 2.95. The molecule has 0 aliphatic carbocycles. The molecule has 2 aromatic rings. The summed E-state index contributed by atoms with van der Waals surface area (Å²) in [5.41, 5.74) is 2.03. The van der Waals surface area contributed by atoms with Crippen LogP contribution in [0.2, 0.25) is 0 Å². The van der Waals surface area contributed by atoms with Gasteiger partial charge in [0.15, 0.2) is 0 Å². The van der Waals surface area contributed by atoms with Crippen LogP contribution in [-0.2, 0) is 17.8 Å². The van der Waals surface area contributed by atoms with Crippen LogP contribution >= 0.6 is 0 Å². The summed E-state index contributed by atoms with van der Waals surface area (Å²) in [6.45, 7) is 2.82. The van der Waals surface area contributed by atoms with E-state index >= 15 is 0 Å². The molecule has 0 fully saturated rings. The summed E-state index contributed by atoms with van der Waals surface area (Å²) < 4.78 is 1.73. The van der Waals surface area contributed by atoms with E-state index in [2.05, 4.69) is 10.4 Å². The molecule has 6 heteroatoms. The number of nitrogens with one attached hydrogen (secondary N) is 1. The van der Waals surface area contributed by atoms with Gasteiger partial charge in [-0.05, 0) is 30.5 Å². The molecule has 1 heterocycles. The third-order valence-corrected chi connectivity index (χ3v) is 3.16. The van der Waals surface area contributed by atoms with Crippen molar-refractivity contribution in [3.63, 3.8) is 0 Å². The van der Waals surface area contributed by atoms with Gasteiger partial charge in [0.05, 0.1) is 11.8 Å². The predicted molar refractivity (Wildman–Crippen MR) is 82.9 cm³/mol. The maximum Gasteiger partial charge on any atom is 0.303 e. The van der Waals surface area contributed by atoms with E-state index in [0.29, 0.717) is 17.7 Å². The third-order valence-electron chi connectivity index (χ3n) is 3.16. The van der Waals surface area contributed by atoms with E-state index in [1.54, 1.807) is 35.3 Å². The van der Waals surface area contributed by atoms with Crippen LogP contribution in [0.1, 0.15) is 35.7 Å². The molecular weight excluding hydrogens is 282 g/mol. The van der Waals surface area contributed by atoms with Gasteiger partial charge in [-0.2, -0.15) is 5.10 Å². The monoisotopic (exact) mass is 301 g/mol. The average molecular weight is 301 g/mol. The van der Waals surface area contributed by atoms with Crippen LogP contribution in [-0.4, -0.2) is 26.8 Å². The number of benzene rings is 1. The van der Waals surface area contributed by atoms with Crippen molar-refractivity contribution in [2.75, 3.05) is 5.32 Å². The number of carbonyl (C=O) groups is 2. The zero-order valence-electron chi connectivity index (χ0n) is 12.5. The quantitative estimate of drug-likeness (QED) is 0.823. The molecule has 0 saturated carbocycles. The van der Waals surface area contributed by atoms with Gasteiger partial charge in [-0.15, -0.1) is 0 Å². The van der Waals surface area contributed by atoms with Crippen LogP contribution in [0.25, 0.3) is 0 Å². The van der Waals surface area contributed by atoms with E-state index in [0.717, 1.165) is 18.5 Å². The number of hydrogen-bond donors (Lipinski definition) is 2. The molecule has 22 heavy (non-hydrogen) atoms. The molecule has 6 nitrogen and oxygen atoms in total. The summed E-state index contributed by atoms with van der Waals surface area (Å²) in [6, 6.07) is 7.21. The number of aromatic nitrogens is 2. The van der Waals surface area contributed by atoms with E-state index in [-0.39, 0.29) is 12.3 Å². The molecule has 0 saturated heterocycles. The standard InChI is InChI=1S/C16H19N3O3/c1-2-8-19-11-13(10-17-19)16(22)18-14-5-3-4-12(9-14)6-7-15(20)21/h3-5,9-11H,2,6-8H2,1H3,(H,18,22)(H,20,21). The number of rotatable bonds is 7. The van der Waals surface area contributed by atoms with Crippen LogP contribution in [0.15, 0.2) is 36.7 Å². The lowest BCUT2D eigenvalue weighted by molar-refractivity contribution is -0.136. The first kappa shape index (κ1) is 15.8. The highest BCUT2D eigenvalue weighted by atomic mass is 16.4. The highest BCUT2D eigenvalue weighted by Crippen LogP contribution is 2.13. The van der Waals surface area contributed by atoms with Gasteiger partial charge in [0.1, 0.15) is 0 Å². The Morgan fingerprint density at radius 1 is 1.36 bits per heavy atom. The Balaban J connectivity index is 2.01. The van der Waals surface area contributed by atoms with Crippen molar-refractivity contribution in [2.24, 2.45) is 0 Å². The zero-order chi connectivity index (χ0) is 15.9. The Morgan fingerprint density at radius 2 is 2.18 bits per heavy atom. The molecule has 1 aromatic carbocycles. The lowest BCUT2D eigenvalue weighted by atomic mass is 10.1. The fourth-order valence-corrected chi connectivity index (χ4v) is 2.09. The number of anilines is 1. The van der Waals surface area contributed by atoms with E-state index < -0.39 is 5.97 Å². The zero-order valence-corrected chi connectivity index (χ0v) is 12.5. The van der Waals surface area contributed by atoms with Gasteiger partial charge in [0.2, 0.25) is 0 Å². The normalized spacial score (nSPS) is 10.4. The molecule has 2 rings (SSSR count). The minimum absolute atomic E-state index is 0.0706. The molecule has 0 spiro atoms. The second kappa shape index (κ2) is 7.40. The van der Waals surface area contributed by atoms with Crippen molar-refractivity contribution in [1.82, 2.24) is 9.78 Å². The van der Waals surface area contributed by atoms with E-state index in [4.69, 9.17) is 5.11 Å². The van der Waals surface area contributed by atoms with Crippen molar-refractivity contribution < 1.29 is 14.7 Å². The lowest BCUT2D eigenvalue weighted by Gasteiger charge is -2.06. The molecule has 0 unspecified atom stereocenters. The highest BCUT2D eigenvalue weighted by Gasteiger charge is 2.09. The van der Waals surface area contributed by atoms with Crippen LogP contribution in [0, 0.1) is 0 Å². The second-order valence-electron chi connectivity index (χ2n) is 5.04. The number of aryl methyl sites for hydroxylation is 2. The molecule has 1 aromatic heterocycles. The number of carboxylic acid groups (broad SMARTS) is 1. The molecule has 0 radical (unpaired) electrons. The van der Waals surface area contributed by atoms with Gasteiger partial charge in [-0.1, -0.05) is 19.1 Å². The second-order valence-corrected chi connectivity index (χ2v) is 5.04. The largest absolute Gasteiger partial charge is 0.481 e. The summed E-state index contributed by atoms with van der Waals surface area (Å²) in [7, 11) is 0. The van der Waals surface area contributed by atoms with Crippen molar-refractivity contribution in [1.29, 1.82) is 0 Å². The minimum Gasteiger partial charge on any atom is -0.481 e. The van der Waals surface area contributed by atoms with E-state index in [1.807, 2.05) is 13.0 Å². The Hall–Kier alpha value is -2.63. The van der Waals surface area contributed by atoms with Crippen molar-refractivity contribution in [2.45, 2.75) is 32.7 Å². The molecule has 0 aliphatic heterocycles. The predicted octanol–water partition coefficient (Wildman–Crippen LogP) is 2.56. The summed E-state index contributed by atoms with van der Waals surface area (Å²) >= 11 is 0. The van der Waals surface area contributed by atoms with E-state index in [1.165, 1.54) is 0 Å². The molecule has 0 atom stereocenters. The topological polar surface area (TPSA) is 84.2 Å². The number of aliphatic carboxylic acids is 1. The van der Waals surface area contributed by atoms with Crippen LogP contribution in [0.4, 0.5) is 5.69 Å². The van der Waals surface area contributed by atoms with Crippen molar-refractivity contribution in [3.8, 4) is 0 Å². The van der Waals surface area contributed by atoms with Gasteiger partial charge < -0.3 is 10.4 Å². The number of nitrogens with zero attached hydrogens (tertiary/aromatic N) is 2. The molecule has 2 N–H and O–H groups in total. The SMILES string of the molecule is CCCn1cc(C(=O)Nc2cccc(CCC(=O)O)c2)cn1. The van der Waals surface area contributed by atoms with Crippen LogP contribution < -0.4 is 5.32 Å². The maximum atomic E-state index is 12.2. The van der Waals surface area contributed by atoms with Gasteiger partial charge in [-0.3, -0.25) is 14.3 Å². The summed E-state index contributed by atoms with van der Waals surface area (Å²) in [6.07, 6.45) is 4.72. The third kappa shape index (κ3) is 4.44.